The van der Waals surface area contributed by atoms with Gasteiger partial charge in [0, 0.05) is 6.04 Å². The van der Waals surface area contributed by atoms with Gasteiger partial charge in [0.25, 0.3) is 0 Å². The van der Waals surface area contributed by atoms with Crippen molar-refractivity contribution in [2.75, 3.05) is 6.61 Å². The second-order valence-electron chi connectivity index (χ2n) is 4.50. The molecule has 0 fully saturated rings. The highest BCUT2D eigenvalue weighted by Crippen LogP contribution is 2.19. The molecule has 3 nitrogen and oxygen atoms in total. The van der Waals surface area contributed by atoms with Gasteiger partial charge in [-0.25, -0.2) is 0 Å². The minimum atomic E-state index is -0.773. The van der Waals surface area contributed by atoms with E-state index in [2.05, 4.69) is 0 Å². The van der Waals surface area contributed by atoms with Crippen LogP contribution in [0, 0.1) is 0 Å². The van der Waals surface area contributed by atoms with E-state index in [0.717, 1.165) is 11.3 Å². The number of ether oxygens (including phenoxy) is 1. The Hall–Kier alpha value is -1.06. The predicted molar refractivity (Wildman–Crippen MR) is 65.5 cm³/mol. The summed E-state index contributed by atoms with van der Waals surface area (Å²) in [7, 11) is 0. The van der Waals surface area contributed by atoms with Crippen molar-refractivity contribution >= 4 is 0 Å². The van der Waals surface area contributed by atoms with Crippen LogP contribution in [0.1, 0.15) is 38.8 Å². The van der Waals surface area contributed by atoms with Gasteiger partial charge in [-0.15, -0.1) is 0 Å². The van der Waals surface area contributed by atoms with Gasteiger partial charge in [-0.3, -0.25) is 0 Å². The van der Waals surface area contributed by atoms with Crippen LogP contribution >= 0.6 is 0 Å². The third-order valence-electron chi connectivity index (χ3n) is 2.70. The third-order valence-corrected chi connectivity index (χ3v) is 2.70. The highest BCUT2D eigenvalue weighted by atomic mass is 16.5. The van der Waals surface area contributed by atoms with E-state index in [-0.39, 0.29) is 6.04 Å². The Bertz CT molecular complexity index is 334. The van der Waals surface area contributed by atoms with Crippen LogP contribution in [0.25, 0.3) is 0 Å². The highest BCUT2D eigenvalue weighted by Gasteiger charge is 2.18. The van der Waals surface area contributed by atoms with Crippen LogP contribution in [0.15, 0.2) is 24.3 Å². The molecular formula is C13H21NO2. The molecule has 0 heterocycles. The van der Waals surface area contributed by atoms with Gasteiger partial charge in [0.2, 0.25) is 0 Å². The van der Waals surface area contributed by atoms with Gasteiger partial charge in [0.15, 0.2) is 0 Å². The molecule has 2 atom stereocenters. The normalized spacial score (nSPS) is 16.6. The molecule has 3 N–H and O–H groups in total. The van der Waals surface area contributed by atoms with Crippen molar-refractivity contribution in [3.05, 3.63) is 29.8 Å². The van der Waals surface area contributed by atoms with Crippen LogP contribution in [-0.4, -0.2) is 17.3 Å². The third kappa shape index (κ3) is 3.83. The van der Waals surface area contributed by atoms with Crippen molar-refractivity contribution < 1.29 is 9.84 Å². The summed E-state index contributed by atoms with van der Waals surface area (Å²) in [6.45, 7) is 5.93. The van der Waals surface area contributed by atoms with E-state index in [4.69, 9.17) is 10.5 Å². The van der Waals surface area contributed by atoms with E-state index < -0.39 is 5.60 Å². The van der Waals surface area contributed by atoms with E-state index in [1.54, 1.807) is 6.92 Å². The Balaban J connectivity index is 2.64. The Morgan fingerprint density at radius 3 is 2.75 bits per heavy atom. The van der Waals surface area contributed by atoms with Gasteiger partial charge in [-0.05, 0) is 38.0 Å². The van der Waals surface area contributed by atoms with Crippen LogP contribution in [0.4, 0.5) is 0 Å². The summed E-state index contributed by atoms with van der Waals surface area (Å²) in [4.78, 5) is 0. The topological polar surface area (TPSA) is 55.5 Å². The Morgan fingerprint density at radius 1 is 1.50 bits per heavy atom. The summed E-state index contributed by atoms with van der Waals surface area (Å²) >= 11 is 0. The lowest BCUT2D eigenvalue weighted by Gasteiger charge is -2.21. The molecule has 0 aromatic heterocycles. The monoisotopic (exact) mass is 223 g/mol. The maximum absolute atomic E-state index is 9.81. The standard InChI is InChI=1S/C13H21NO2/c1-4-13(3,15)9-16-12-7-5-6-11(8-12)10(2)14/h5-8,10,15H,4,9,14H2,1-3H3/t10-,13?/m0/s1. The first-order valence-electron chi connectivity index (χ1n) is 5.65. The summed E-state index contributed by atoms with van der Waals surface area (Å²) in [5.41, 5.74) is 6.05. The summed E-state index contributed by atoms with van der Waals surface area (Å²) in [6.07, 6.45) is 0.667. The van der Waals surface area contributed by atoms with Gasteiger partial charge < -0.3 is 15.6 Å². The first-order chi connectivity index (χ1) is 7.44. The number of benzene rings is 1. The van der Waals surface area contributed by atoms with Crippen LogP contribution in [0.5, 0.6) is 5.75 Å². The summed E-state index contributed by atoms with van der Waals surface area (Å²) < 4.78 is 5.55. The second-order valence-corrected chi connectivity index (χ2v) is 4.50. The average Bonchev–Trinajstić information content (AvgIpc) is 2.27. The quantitative estimate of drug-likeness (QED) is 0.805. The zero-order valence-electron chi connectivity index (χ0n) is 10.2. The van der Waals surface area contributed by atoms with Crippen LogP contribution in [-0.2, 0) is 0 Å². The van der Waals surface area contributed by atoms with Crippen molar-refractivity contribution in [3.63, 3.8) is 0 Å². The molecule has 0 saturated heterocycles. The molecule has 0 bridgehead atoms. The molecule has 0 aliphatic carbocycles. The molecule has 0 amide bonds. The number of rotatable bonds is 5. The number of nitrogens with two attached hydrogens (primary N) is 1. The van der Waals surface area contributed by atoms with Crippen LogP contribution in [0.2, 0.25) is 0 Å². The molecule has 0 aliphatic heterocycles. The lowest BCUT2D eigenvalue weighted by atomic mass is 10.1. The zero-order chi connectivity index (χ0) is 12.2. The summed E-state index contributed by atoms with van der Waals surface area (Å²) in [5, 5.41) is 9.81. The van der Waals surface area contributed by atoms with Crippen molar-refractivity contribution in [2.24, 2.45) is 5.73 Å². The molecule has 1 aromatic carbocycles. The largest absolute Gasteiger partial charge is 0.491 e. The van der Waals surface area contributed by atoms with Crippen molar-refractivity contribution in [2.45, 2.75) is 38.8 Å². The summed E-state index contributed by atoms with van der Waals surface area (Å²) in [5.74, 6) is 0.753. The molecule has 0 spiro atoms. The molecule has 16 heavy (non-hydrogen) atoms. The fourth-order valence-electron chi connectivity index (χ4n) is 1.23. The Kier molecular flexibility index (Phi) is 4.33. The van der Waals surface area contributed by atoms with Crippen LogP contribution in [0.3, 0.4) is 0 Å². The molecular weight excluding hydrogens is 202 g/mol. The molecule has 90 valence electrons. The highest BCUT2D eigenvalue weighted by molar-refractivity contribution is 5.30. The SMILES string of the molecule is CCC(C)(O)COc1cccc([C@H](C)N)c1. The average molecular weight is 223 g/mol. The fraction of sp³-hybridized carbons (Fsp3) is 0.538. The molecule has 0 saturated carbocycles. The molecule has 1 rings (SSSR count). The zero-order valence-corrected chi connectivity index (χ0v) is 10.2. The maximum atomic E-state index is 9.81. The van der Waals surface area contributed by atoms with Crippen molar-refractivity contribution in [3.8, 4) is 5.75 Å². The summed E-state index contributed by atoms with van der Waals surface area (Å²) in [6, 6.07) is 7.66. The number of aliphatic hydroxyl groups is 1. The molecule has 3 heteroatoms. The van der Waals surface area contributed by atoms with Crippen molar-refractivity contribution in [1.82, 2.24) is 0 Å². The van der Waals surface area contributed by atoms with Crippen molar-refractivity contribution in [1.29, 1.82) is 0 Å². The minimum absolute atomic E-state index is 0.00441. The van der Waals surface area contributed by atoms with E-state index in [9.17, 15) is 5.11 Å². The second kappa shape index (κ2) is 5.32. The molecule has 1 unspecified atom stereocenters. The van der Waals surface area contributed by atoms with Gasteiger partial charge in [0.1, 0.15) is 12.4 Å². The first-order valence-corrected chi connectivity index (χ1v) is 5.65. The van der Waals surface area contributed by atoms with E-state index in [1.165, 1.54) is 0 Å². The Morgan fingerprint density at radius 2 is 2.19 bits per heavy atom. The smallest absolute Gasteiger partial charge is 0.119 e. The number of hydrogen-bond acceptors (Lipinski definition) is 3. The fourth-order valence-corrected chi connectivity index (χ4v) is 1.23. The minimum Gasteiger partial charge on any atom is -0.491 e. The van der Waals surface area contributed by atoms with E-state index in [1.807, 2.05) is 38.1 Å². The maximum Gasteiger partial charge on any atom is 0.119 e. The van der Waals surface area contributed by atoms with Gasteiger partial charge >= 0.3 is 0 Å². The van der Waals surface area contributed by atoms with E-state index >= 15 is 0 Å². The van der Waals surface area contributed by atoms with Gasteiger partial charge in [-0.1, -0.05) is 19.1 Å². The predicted octanol–water partition coefficient (Wildman–Crippen LogP) is 2.25. The molecule has 0 aliphatic rings. The van der Waals surface area contributed by atoms with E-state index in [0.29, 0.717) is 13.0 Å². The molecule has 1 aromatic rings. The van der Waals surface area contributed by atoms with Crippen LogP contribution < -0.4 is 10.5 Å². The Labute approximate surface area is 97.2 Å². The van der Waals surface area contributed by atoms with Gasteiger partial charge in [0.05, 0.1) is 5.60 Å². The first kappa shape index (κ1) is 13.0. The lowest BCUT2D eigenvalue weighted by Crippen LogP contribution is -2.31. The molecule has 0 radical (unpaired) electrons. The lowest BCUT2D eigenvalue weighted by molar-refractivity contribution is 0.00844. The van der Waals surface area contributed by atoms with Gasteiger partial charge in [-0.2, -0.15) is 0 Å². The number of hydrogen-bond donors (Lipinski definition) is 2.